The normalized spacial score (nSPS) is 12.4. The maximum absolute atomic E-state index is 14.0. The average molecular weight is 631 g/mol. The molecule has 2 aromatic heterocycles. The summed E-state index contributed by atoms with van der Waals surface area (Å²) in [5, 5.41) is 0. The van der Waals surface area contributed by atoms with Gasteiger partial charge in [0.05, 0.1) is 22.3 Å². The minimum absolute atomic E-state index is 0.264. The fourth-order valence-corrected chi connectivity index (χ4v) is 4.74. The highest BCUT2D eigenvalue weighted by molar-refractivity contribution is 7.90. The van der Waals surface area contributed by atoms with Crippen LogP contribution in [0.5, 0.6) is 23.1 Å². The molecular weight excluding hydrogens is 601 g/mol. The molecular formula is C30H29F3N4O6S. The number of likely N-dealkylation sites (N-methyl/N-ethyl adjacent to an activating group) is 1. The number of sulfonamides is 1. The van der Waals surface area contributed by atoms with Crippen LogP contribution in [-0.4, -0.2) is 56.4 Å². The Morgan fingerprint density at radius 1 is 0.977 bits per heavy atom. The van der Waals surface area contributed by atoms with Crippen LogP contribution in [0, 0.1) is 0 Å². The molecule has 1 amide bonds. The number of benzene rings is 2. The highest BCUT2D eigenvalue weighted by atomic mass is 32.2. The Kier molecular flexibility index (Phi) is 10.1. The van der Waals surface area contributed by atoms with Crippen molar-refractivity contribution < 1.29 is 40.6 Å². The molecule has 0 aliphatic carbocycles. The van der Waals surface area contributed by atoms with Crippen LogP contribution >= 0.6 is 0 Å². The van der Waals surface area contributed by atoms with Crippen LogP contribution in [0.2, 0.25) is 0 Å². The van der Waals surface area contributed by atoms with Gasteiger partial charge in [-0.15, -0.1) is 0 Å². The van der Waals surface area contributed by atoms with Crippen LogP contribution in [0.4, 0.5) is 13.2 Å². The first-order valence-electron chi connectivity index (χ1n) is 13.2. The van der Waals surface area contributed by atoms with Crippen molar-refractivity contribution in [2.45, 2.75) is 24.1 Å². The lowest BCUT2D eigenvalue weighted by Gasteiger charge is -2.19. The largest absolute Gasteiger partial charge is 0.492 e. The van der Waals surface area contributed by atoms with Crippen LogP contribution in [0.3, 0.4) is 0 Å². The number of alkyl halides is 3. The third-order valence-electron chi connectivity index (χ3n) is 6.06. The summed E-state index contributed by atoms with van der Waals surface area (Å²) >= 11 is 0. The van der Waals surface area contributed by atoms with E-state index >= 15 is 0 Å². The quantitative estimate of drug-likeness (QED) is 0.217. The number of carbonyl (C=O) groups is 1. The van der Waals surface area contributed by atoms with Gasteiger partial charge in [0.15, 0.2) is 0 Å². The monoisotopic (exact) mass is 630 g/mol. The summed E-state index contributed by atoms with van der Waals surface area (Å²) in [5.41, 5.74) is -1.48. The Morgan fingerprint density at radius 2 is 1.70 bits per heavy atom. The van der Waals surface area contributed by atoms with Crippen molar-refractivity contribution in [1.82, 2.24) is 19.6 Å². The van der Waals surface area contributed by atoms with E-state index in [1.54, 1.807) is 35.2 Å². The fraction of sp³-hybridized carbons (Fsp3) is 0.233. The molecule has 44 heavy (non-hydrogen) atoms. The predicted octanol–water partition coefficient (Wildman–Crippen LogP) is 5.49. The van der Waals surface area contributed by atoms with E-state index in [1.807, 2.05) is 19.0 Å². The summed E-state index contributed by atoms with van der Waals surface area (Å²) in [6.45, 7) is 2.53. The van der Waals surface area contributed by atoms with Gasteiger partial charge in [0.1, 0.15) is 30.0 Å². The Morgan fingerprint density at radius 3 is 2.32 bits per heavy atom. The number of hydrogen-bond acceptors (Lipinski definition) is 9. The third kappa shape index (κ3) is 8.67. The van der Waals surface area contributed by atoms with Crippen molar-refractivity contribution in [3.63, 3.8) is 0 Å². The van der Waals surface area contributed by atoms with Gasteiger partial charge in [-0.1, -0.05) is 6.07 Å². The molecule has 0 aliphatic rings. The Hall–Kier alpha value is -4.69. The number of amides is 1. The molecule has 0 bridgehead atoms. The molecule has 0 spiro atoms. The van der Waals surface area contributed by atoms with Gasteiger partial charge in [0, 0.05) is 24.4 Å². The molecule has 2 aromatic carbocycles. The molecule has 4 rings (SSSR count). The van der Waals surface area contributed by atoms with Gasteiger partial charge < -0.3 is 19.1 Å². The minimum atomic E-state index is -4.92. The second-order valence-corrected chi connectivity index (χ2v) is 11.4. The molecule has 232 valence electrons. The number of nitrogens with one attached hydrogen (secondary N) is 1. The number of aromatic nitrogens is 2. The van der Waals surface area contributed by atoms with Crippen LogP contribution < -0.4 is 18.9 Å². The summed E-state index contributed by atoms with van der Waals surface area (Å²) in [5.74, 6) is -0.681. The predicted molar refractivity (Wildman–Crippen MR) is 154 cm³/mol. The number of rotatable bonds is 12. The lowest BCUT2D eigenvalue weighted by Crippen LogP contribution is -2.30. The van der Waals surface area contributed by atoms with Gasteiger partial charge >= 0.3 is 6.18 Å². The van der Waals surface area contributed by atoms with Crippen molar-refractivity contribution in [3.05, 3.63) is 102 Å². The zero-order valence-corrected chi connectivity index (χ0v) is 24.7. The summed E-state index contributed by atoms with van der Waals surface area (Å²) in [6, 6.07) is 16.1. The summed E-state index contributed by atoms with van der Waals surface area (Å²) in [7, 11) is -0.645. The Balaban J connectivity index is 1.45. The second-order valence-electron chi connectivity index (χ2n) is 9.72. The van der Waals surface area contributed by atoms with E-state index in [-0.39, 0.29) is 4.90 Å². The van der Waals surface area contributed by atoms with Gasteiger partial charge in [-0.2, -0.15) is 13.2 Å². The topological polar surface area (TPSA) is 120 Å². The first-order chi connectivity index (χ1) is 20.8. The first kappa shape index (κ1) is 32.2. The number of nitrogens with zero attached hydrogens (tertiary/aromatic N) is 3. The second kappa shape index (κ2) is 13.7. The van der Waals surface area contributed by atoms with Gasteiger partial charge in [-0.3, -0.25) is 9.78 Å². The molecule has 2 heterocycles. The maximum atomic E-state index is 14.0. The lowest BCUT2D eigenvalue weighted by molar-refractivity contribution is -0.139. The molecule has 0 fully saturated rings. The van der Waals surface area contributed by atoms with Crippen LogP contribution in [-0.2, 0) is 16.2 Å². The van der Waals surface area contributed by atoms with E-state index < -0.39 is 45.1 Å². The smallest absolute Gasteiger partial charge is 0.419 e. The Bertz CT molecular complexity index is 1670. The van der Waals surface area contributed by atoms with E-state index in [4.69, 9.17) is 14.2 Å². The van der Waals surface area contributed by atoms with Gasteiger partial charge in [0.2, 0.25) is 5.88 Å². The SMILES string of the molecule is CC(Oc1ccc(C(=O)NS(=O)(=O)c2ccc(OCCN(C)C)cc2)cc1C(F)(F)F)c1ccc(Oc2ccccn2)cn1. The van der Waals surface area contributed by atoms with E-state index in [9.17, 15) is 26.4 Å². The van der Waals surface area contributed by atoms with E-state index in [1.165, 1.54) is 43.5 Å². The summed E-state index contributed by atoms with van der Waals surface area (Å²) < 4.78 is 86.0. The van der Waals surface area contributed by atoms with Crippen molar-refractivity contribution in [1.29, 1.82) is 0 Å². The molecule has 1 atom stereocenters. The number of halogens is 3. The highest BCUT2D eigenvalue weighted by Gasteiger charge is 2.36. The molecule has 10 nitrogen and oxygen atoms in total. The lowest BCUT2D eigenvalue weighted by atomic mass is 10.1. The molecule has 0 radical (unpaired) electrons. The summed E-state index contributed by atoms with van der Waals surface area (Å²) in [6.07, 6.45) is -2.90. The van der Waals surface area contributed by atoms with Crippen molar-refractivity contribution in [3.8, 4) is 23.1 Å². The molecule has 4 aromatic rings. The van der Waals surface area contributed by atoms with E-state index in [0.29, 0.717) is 42.3 Å². The standard InChI is InChI=1S/C30H29F3N4O6S/c1-20(26-13-10-23(19-35-26)43-28-6-4-5-15-34-28)42-27-14-7-21(18-25(27)30(31,32)33)29(38)36-44(39,40)24-11-8-22(9-12-24)41-17-16-37(2)3/h4-15,18-20H,16-17H2,1-3H3,(H,36,38). The molecule has 0 saturated carbocycles. The zero-order chi connectivity index (χ0) is 31.9. The van der Waals surface area contributed by atoms with Gasteiger partial charge in [0.25, 0.3) is 15.9 Å². The van der Waals surface area contributed by atoms with E-state index in [2.05, 4.69) is 9.97 Å². The maximum Gasteiger partial charge on any atom is 0.419 e. The number of pyridine rings is 2. The molecule has 0 saturated heterocycles. The zero-order valence-electron chi connectivity index (χ0n) is 23.9. The third-order valence-corrected chi connectivity index (χ3v) is 7.40. The minimum Gasteiger partial charge on any atom is -0.492 e. The molecule has 1 unspecified atom stereocenters. The fourth-order valence-electron chi connectivity index (χ4n) is 3.77. The number of carbonyl (C=O) groups excluding carboxylic acids is 1. The van der Waals surface area contributed by atoms with Crippen LogP contribution in [0.15, 0.2) is 90.1 Å². The van der Waals surface area contributed by atoms with Crippen LogP contribution in [0.1, 0.15) is 34.6 Å². The highest BCUT2D eigenvalue weighted by Crippen LogP contribution is 2.38. The number of ether oxygens (including phenoxy) is 3. The Labute approximate surface area is 252 Å². The molecule has 14 heteroatoms. The average Bonchev–Trinajstić information content (AvgIpc) is 2.97. The van der Waals surface area contributed by atoms with Crippen LogP contribution in [0.25, 0.3) is 0 Å². The number of hydrogen-bond donors (Lipinski definition) is 1. The van der Waals surface area contributed by atoms with Gasteiger partial charge in [-0.05, 0) is 81.7 Å². The van der Waals surface area contributed by atoms with Crippen molar-refractivity contribution in [2.75, 3.05) is 27.2 Å². The summed E-state index contributed by atoms with van der Waals surface area (Å²) in [4.78, 5) is 22.6. The van der Waals surface area contributed by atoms with Crippen molar-refractivity contribution in [2.24, 2.45) is 0 Å². The van der Waals surface area contributed by atoms with E-state index in [0.717, 1.165) is 12.1 Å². The molecule has 1 N–H and O–H groups in total. The molecule has 0 aliphatic heterocycles. The van der Waals surface area contributed by atoms with Crippen molar-refractivity contribution >= 4 is 15.9 Å². The van der Waals surface area contributed by atoms with Gasteiger partial charge in [-0.25, -0.2) is 18.1 Å². The first-order valence-corrected chi connectivity index (χ1v) is 14.7.